The van der Waals surface area contributed by atoms with E-state index in [1.54, 1.807) is 11.6 Å². The first kappa shape index (κ1) is 11.8. The lowest BCUT2D eigenvalue weighted by molar-refractivity contribution is 0.384. The zero-order chi connectivity index (χ0) is 12.4. The van der Waals surface area contributed by atoms with Gasteiger partial charge in [-0.25, -0.2) is 4.98 Å². The molecule has 1 fully saturated rings. The number of nitrogens with zero attached hydrogens (tertiary/aromatic N) is 3. The standard InChI is InChI=1S/C13H17N3OS/c1-17-13-4-2-3-12-14-11(15-16(12)13)9-10-5-7-18-8-6-10/h2-4,10H,5-9H2,1H3. The second-order valence-corrected chi connectivity index (χ2v) is 5.85. The van der Waals surface area contributed by atoms with Crippen molar-refractivity contribution in [3.63, 3.8) is 0 Å². The fourth-order valence-corrected chi connectivity index (χ4v) is 3.58. The first-order chi connectivity index (χ1) is 8.86. The Kier molecular flexibility index (Phi) is 3.41. The van der Waals surface area contributed by atoms with E-state index in [0.717, 1.165) is 29.7 Å². The zero-order valence-corrected chi connectivity index (χ0v) is 11.3. The third kappa shape index (κ3) is 2.32. The lowest BCUT2D eigenvalue weighted by atomic mass is 9.99. The summed E-state index contributed by atoms with van der Waals surface area (Å²) in [6.45, 7) is 0. The topological polar surface area (TPSA) is 39.4 Å². The van der Waals surface area contributed by atoms with Gasteiger partial charge in [0.1, 0.15) is 0 Å². The van der Waals surface area contributed by atoms with E-state index in [2.05, 4.69) is 21.8 Å². The average Bonchev–Trinajstić information content (AvgIpc) is 2.82. The summed E-state index contributed by atoms with van der Waals surface area (Å²) in [5, 5.41) is 4.55. The van der Waals surface area contributed by atoms with Crippen LogP contribution in [-0.2, 0) is 6.42 Å². The molecule has 1 aliphatic heterocycles. The van der Waals surface area contributed by atoms with Gasteiger partial charge < -0.3 is 4.74 Å². The van der Waals surface area contributed by atoms with Crippen molar-refractivity contribution >= 4 is 17.4 Å². The molecule has 3 rings (SSSR count). The second kappa shape index (κ2) is 5.18. The van der Waals surface area contributed by atoms with Crippen LogP contribution in [0, 0.1) is 5.92 Å². The van der Waals surface area contributed by atoms with Crippen molar-refractivity contribution in [2.75, 3.05) is 18.6 Å². The molecule has 0 amide bonds. The van der Waals surface area contributed by atoms with Gasteiger partial charge in [-0.05, 0) is 36.3 Å². The van der Waals surface area contributed by atoms with E-state index < -0.39 is 0 Å². The Balaban J connectivity index is 1.84. The second-order valence-electron chi connectivity index (χ2n) is 4.63. The Bertz CT molecular complexity index is 534. The van der Waals surface area contributed by atoms with Crippen molar-refractivity contribution in [2.24, 2.45) is 5.92 Å². The van der Waals surface area contributed by atoms with Crippen LogP contribution in [-0.4, -0.2) is 33.2 Å². The van der Waals surface area contributed by atoms with Gasteiger partial charge in [-0.3, -0.25) is 0 Å². The van der Waals surface area contributed by atoms with Crippen LogP contribution in [0.1, 0.15) is 18.7 Å². The molecule has 2 aromatic rings. The molecular formula is C13H17N3OS. The van der Waals surface area contributed by atoms with Crippen molar-refractivity contribution in [3.05, 3.63) is 24.0 Å². The Hall–Kier alpha value is -1.23. The van der Waals surface area contributed by atoms with Gasteiger partial charge in [0.25, 0.3) is 0 Å². The fourth-order valence-electron chi connectivity index (χ4n) is 2.38. The van der Waals surface area contributed by atoms with Gasteiger partial charge in [0.05, 0.1) is 7.11 Å². The predicted molar refractivity (Wildman–Crippen MR) is 73.3 cm³/mol. The highest BCUT2D eigenvalue weighted by molar-refractivity contribution is 7.99. The van der Waals surface area contributed by atoms with Gasteiger partial charge >= 0.3 is 0 Å². The summed E-state index contributed by atoms with van der Waals surface area (Å²) in [5.41, 5.74) is 0.870. The largest absolute Gasteiger partial charge is 0.481 e. The molecule has 0 radical (unpaired) electrons. The Morgan fingerprint density at radius 1 is 1.39 bits per heavy atom. The van der Waals surface area contributed by atoms with Crippen LogP contribution in [0.2, 0.25) is 0 Å². The monoisotopic (exact) mass is 263 g/mol. The van der Waals surface area contributed by atoms with E-state index in [9.17, 15) is 0 Å². The maximum absolute atomic E-state index is 5.29. The lowest BCUT2D eigenvalue weighted by Gasteiger charge is -2.19. The summed E-state index contributed by atoms with van der Waals surface area (Å²) in [6.07, 6.45) is 3.57. The predicted octanol–water partition coefficient (Wildman–Crippen LogP) is 2.42. The Morgan fingerprint density at radius 3 is 3.00 bits per heavy atom. The molecule has 0 saturated carbocycles. The van der Waals surface area contributed by atoms with Gasteiger partial charge in [0.15, 0.2) is 11.5 Å². The molecule has 4 nitrogen and oxygen atoms in total. The van der Waals surface area contributed by atoms with Crippen LogP contribution < -0.4 is 4.74 Å². The minimum Gasteiger partial charge on any atom is -0.481 e. The quantitative estimate of drug-likeness (QED) is 0.852. The molecular weight excluding hydrogens is 246 g/mol. The maximum Gasteiger partial charge on any atom is 0.216 e. The SMILES string of the molecule is COc1cccc2nc(CC3CCSCC3)nn12. The van der Waals surface area contributed by atoms with Crippen LogP contribution in [0.5, 0.6) is 5.88 Å². The van der Waals surface area contributed by atoms with Crippen LogP contribution in [0.25, 0.3) is 5.65 Å². The van der Waals surface area contributed by atoms with Gasteiger partial charge in [-0.15, -0.1) is 5.10 Å². The minimum atomic E-state index is 0.741. The molecule has 96 valence electrons. The summed E-state index contributed by atoms with van der Waals surface area (Å²) in [4.78, 5) is 4.58. The van der Waals surface area contributed by atoms with E-state index in [0.29, 0.717) is 0 Å². The smallest absolute Gasteiger partial charge is 0.216 e. The number of thioether (sulfide) groups is 1. The van der Waals surface area contributed by atoms with Crippen molar-refractivity contribution in [2.45, 2.75) is 19.3 Å². The van der Waals surface area contributed by atoms with Gasteiger partial charge in [0.2, 0.25) is 5.88 Å². The van der Waals surface area contributed by atoms with Crippen LogP contribution in [0.3, 0.4) is 0 Å². The summed E-state index contributed by atoms with van der Waals surface area (Å²) in [7, 11) is 1.66. The number of aromatic nitrogens is 3. The highest BCUT2D eigenvalue weighted by Gasteiger charge is 2.17. The third-order valence-corrected chi connectivity index (χ3v) is 4.44. The molecule has 0 spiro atoms. The molecule has 1 saturated heterocycles. The zero-order valence-electron chi connectivity index (χ0n) is 10.5. The number of hydrogen-bond acceptors (Lipinski definition) is 4. The molecule has 0 bridgehead atoms. The fraction of sp³-hybridized carbons (Fsp3) is 0.538. The average molecular weight is 263 g/mol. The molecule has 2 aromatic heterocycles. The lowest BCUT2D eigenvalue weighted by Crippen LogP contribution is -2.13. The molecule has 18 heavy (non-hydrogen) atoms. The van der Waals surface area contributed by atoms with Crippen molar-refractivity contribution in [3.8, 4) is 5.88 Å². The summed E-state index contributed by atoms with van der Waals surface area (Å²) < 4.78 is 7.07. The number of ether oxygens (including phenoxy) is 1. The number of rotatable bonds is 3. The highest BCUT2D eigenvalue weighted by atomic mass is 32.2. The molecule has 0 aromatic carbocycles. The highest BCUT2D eigenvalue weighted by Crippen LogP contribution is 2.25. The van der Waals surface area contributed by atoms with E-state index in [1.165, 1.54) is 24.3 Å². The number of fused-ring (bicyclic) bond motifs is 1. The normalized spacial score (nSPS) is 17.2. The minimum absolute atomic E-state index is 0.741. The molecule has 0 aliphatic carbocycles. The van der Waals surface area contributed by atoms with E-state index in [4.69, 9.17) is 4.74 Å². The Labute approximate surface area is 111 Å². The van der Waals surface area contributed by atoms with Gasteiger partial charge in [-0.1, -0.05) is 6.07 Å². The van der Waals surface area contributed by atoms with Gasteiger partial charge in [-0.2, -0.15) is 16.3 Å². The van der Waals surface area contributed by atoms with Crippen LogP contribution in [0.15, 0.2) is 18.2 Å². The molecule has 0 unspecified atom stereocenters. The summed E-state index contributed by atoms with van der Waals surface area (Å²) in [6, 6.07) is 5.82. The summed E-state index contributed by atoms with van der Waals surface area (Å²) in [5.74, 6) is 4.99. The number of methoxy groups -OCH3 is 1. The molecule has 0 N–H and O–H groups in total. The molecule has 0 atom stereocenters. The van der Waals surface area contributed by atoms with Crippen molar-refractivity contribution in [1.29, 1.82) is 0 Å². The van der Waals surface area contributed by atoms with Crippen molar-refractivity contribution in [1.82, 2.24) is 14.6 Å². The maximum atomic E-state index is 5.29. The Morgan fingerprint density at radius 2 is 2.22 bits per heavy atom. The first-order valence-electron chi connectivity index (χ1n) is 6.33. The number of pyridine rings is 1. The summed E-state index contributed by atoms with van der Waals surface area (Å²) >= 11 is 2.05. The van der Waals surface area contributed by atoms with Crippen LogP contribution >= 0.6 is 11.8 Å². The molecule has 1 aliphatic rings. The van der Waals surface area contributed by atoms with E-state index in [1.807, 2.05) is 18.2 Å². The van der Waals surface area contributed by atoms with E-state index >= 15 is 0 Å². The van der Waals surface area contributed by atoms with E-state index in [-0.39, 0.29) is 0 Å². The van der Waals surface area contributed by atoms with Crippen molar-refractivity contribution < 1.29 is 4.74 Å². The number of hydrogen-bond donors (Lipinski definition) is 0. The molecule has 5 heteroatoms. The van der Waals surface area contributed by atoms with Gasteiger partial charge in [0, 0.05) is 12.5 Å². The third-order valence-electron chi connectivity index (χ3n) is 3.39. The first-order valence-corrected chi connectivity index (χ1v) is 7.48. The van der Waals surface area contributed by atoms with Crippen LogP contribution in [0.4, 0.5) is 0 Å². The molecule has 3 heterocycles.